The van der Waals surface area contributed by atoms with Crippen LogP contribution in [0.4, 0.5) is 5.69 Å². The summed E-state index contributed by atoms with van der Waals surface area (Å²) in [5, 5.41) is 0. The van der Waals surface area contributed by atoms with Crippen LogP contribution in [0.15, 0.2) is 29.2 Å². The highest BCUT2D eigenvalue weighted by molar-refractivity contribution is 7.99. The molecule has 108 valence electrons. The number of carbonyl (C=O) groups excluding carboxylic acids is 1. The lowest BCUT2D eigenvalue weighted by Crippen LogP contribution is -2.50. The Kier molecular flexibility index (Phi) is 4.03. The van der Waals surface area contributed by atoms with Crippen molar-refractivity contribution in [3.8, 4) is 0 Å². The van der Waals surface area contributed by atoms with E-state index in [0.29, 0.717) is 6.54 Å². The number of para-hydroxylation sites is 1. The monoisotopic (exact) mass is 290 g/mol. The van der Waals surface area contributed by atoms with Gasteiger partial charge in [0, 0.05) is 23.7 Å². The van der Waals surface area contributed by atoms with Crippen LogP contribution in [0.2, 0.25) is 0 Å². The van der Waals surface area contributed by atoms with Crippen molar-refractivity contribution >= 4 is 23.4 Å². The smallest absolute Gasteiger partial charge is 0.234 e. The normalized spacial score (nSPS) is 21.4. The molecule has 20 heavy (non-hydrogen) atoms. The lowest BCUT2D eigenvalue weighted by atomic mass is 9.73. The second-order valence-corrected chi connectivity index (χ2v) is 6.95. The van der Waals surface area contributed by atoms with Crippen LogP contribution in [0.3, 0.4) is 0 Å². The van der Waals surface area contributed by atoms with E-state index in [2.05, 4.69) is 12.1 Å². The van der Waals surface area contributed by atoms with Crippen LogP contribution < -0.4 is 10.6 Å². The molecule has 0 radical (unpaired) electrons. The summed E-state index contributed by atoms with van der Waals surface area (Å²) >= 11 is 1.84. The fourth-order valence-electron chi connectivity index (χ4n) is 3.40. The molecule has 1 aromatic carbocycles. The van der Waals surface area contributed by atoms with Gasteiger partial charge in [-0.1, -0.05) is 31.4 Å². The maximum Gasteiger partial charge on any atom is 0.234 e. The van der Waals surface area contributed by atoms with Crippen molar-refractivity contribution in [3.63, 3.8) is 0 Å². The van der Waals surface area contributed by atoms with E-state index in [4.69, 9.17) is 5.73 Å². The number of hydrogen-bond donors (Lipinski definition) is 1. The standard InChI is InChI=1S/C16H22N2OS/c17-12-16(8-4-1-5-9-16)15(19)18-10-11-20-14-7-3-2-6-13(14)18/h2-3,6-7H,1,4-5,8-12,17H2. The molecule has 0 bridgehead atoms. The van der Waals surface area contributed by atoms with Crippen molar-refractivity contribution in [1.82, 2.24) is 0 Å². The molecule has 0 spiro atoms. The Morgan fingerprint density at radius 1 is 1.25 bits per heavy atom. The number of nitrogens with two attached hydrogens (primary N) is 1. The van der Waals surface area contributed by atoms with Gasteiger partial charge in [0.2, 0.25) is 5.91 Å². The van der Waals surface area contributed by atoms with Crippen molar-refractivity contribution in [3.05, 3.63) is 24.3 Å². The Morgan fingerprint density at radius 2 is 2.00 bits per heavy atom. The Balaban J connectivity index is 1.91. The second kappa shape index (κ2) is 5.78. The van der Waals surface area contributed by atoms with E-state index >= 15 is 0 Å². The van der Waals surface area contributed by atoms with Gasteiger partial charge < -0.3 is 10.6 Å². The Bertz CT molecular complexity index is 497. The minimum atomic E-state index is -0.312. The van der Waals surface area contributed by atoms with Crippen LogP contribution in [0.5, 0.6) is 0 Å². The summed E-state index contributed by atoms with van der Waals surface area (Å²) in [5.41, 5.74) is 6.78. The van der Waals surface area contributed by atoms with Crippen molar-refractivity contribution in [2.45, 2.75) is 37.0 Å². The van der Waals surface area contributed by atoms with E-state index in [1.165, 1.54) is 11.3 Å². The van der Waals surface area contributed by atoms with Crippen LogP contribution >= 0.6 is 11.8 Å². The predicted molar refractivity (Wildman–Crippen MR) is 84.1 cm³/mol. The van der Waals surface area contributed by atoms with E-state index in [1.807, 2.05) is 28.8 Å². The molecular weight excluding hydrogens is 268 g/mol. The largest absolute Gasteiger partial charge is 0.329 e. The molecule has 1 saturated carbocycles. The number of fused-ring (bicyclic) bond motifs is 1. The number of hydrogen-bond acceptors (Lipinski definition) is 3. The second-order valence-electron chi connectivity index (χ2n) is 5.82. The minimum Gasteiger partial charge on any atom is -0.329 e. The molecule has 4 heteroatoms. The molecule has 3 rings (SSSR count). The zero-order valence-electron chi connectivity index (χ0n) is 11.8. The van der Waals surface area contributed by atoms with Gasteiger partial charge in [-0.25, -0.2) is 0 Å². The van der Waals surface area contributed by atoms with Crippen molar-refractivity contribution in [2.75, 3.05) is 23.7 Å². The number of carbonyl (C=O) groups is 1. The van der Waals surface area contributed by atoms with Crippen molar-refractivity contribution < 1.29 is 4.79 Å². The minimum absolute atomic E-state index is 0.257. The highest BCUT2D eigenvalue weighted by Crippen LogP contribution is 2.41. The number of amides is 1. The molecule has 2 N–H and O–H groups in total. The van der Waals surface area contributed by atoms with E-state index < -0.39 is 0 Å². The molecule has 0 saturated heterocycles. The molecule has 1 amide bonds. The van der Waals surface area contributed by atoms with Gasteiger partial charge >= 0.3 is 0 Å². The van der Waals surface area contributed by atoms with Gasteiger partial charge in [0.1, 0.15) is 0 Å². The summed E-state index contributed by atoms with van der Waals surface area (Å²) in [4.78, 5) is 16.3. The van der Waals surface area contributed by atoms with E-state index in [1.54, 1.807) is 0 Å². The first kappa shape index (κ1) is 14.0. The summed E-state index contributed by atoms with van der Waals surface area (Å²) in [6.07, 6.45) is 5.41. The van der Waals surface area contributed by atoms with Crippen LogP contribution in [0, 0.1) is 5.41 Å². The highest BCUT2D eigenvalue weighted by Gasteiger charge is 2.42. The molecule has 3 nitrogen and oxygen atoms in total. The molecule has 0 unspecified atom stereocenters. The molecule has 1 heterocycles. The average Bonchev–Trinajstić information content (AvgIpc) is 2.54. The lowest BCUT2D eigenvalue weighted by molar-refractivity contribution is -0.129. The average molecular weight is 290 g/mol. The molecule has 0 atom stereocenters. The number of thioether (sulfide) groups is 1. The summed E-state index contributed by atoms with van der Waals surface area (Å²) in [5.74, 6) is 1.23. The van der Waals surface area contributed by atoms with Crippen LogP contribution in [-0.4, -0.2) is 24.7 Å². The summed E-state index contributed by atoms with van der Waals surface area (Å²) < 4.78 is 0. The van der Waals surface area contributed by atoms with Gasteiger partial charge in [-0.05, 0) is 25.0 Å². The zero-order valence-corrected chi connectivity index (χ0v) is 12.6. The molecule has 1 fully saturated rings. The molecular formula is C16H22N2OS. The van der Waals surface area contributed by atoms with E-state index in [-0.39, 0.29) is 11.3 Å². The third-order valence-electron chi connectivity index (χ3n) is 4.63. The first-order valence-electron chi connectivity index (χ1n) is 7.51. The van der Waals surface area contributed by atoms with Gasteiger partial charge in [0.15, 0.2) is 0 Å². The molecule has 1 aromatic rings. The highest BCUT2D eigenvalue weighted by atomic mass is 32.2. The van der Waals surface area contributed by atoms with Crippen molar-refractivity contribution in [2.24, 2.45) is 11.1 Å². The Hall–Kier alpha value is -1.00. The fraction of sp³-hybridized carbons (Fsp3) is 0.562. The number of rotatable bonds is 2. The number of benzene rings is 1. The maximum atomic E-state index is 13.1. The molecule has 1 aliphatic carbocycles. The summed E-state index contributed by atoms with van der Waals surface area (Å²) in [6.45, 7) is 1.29. The summed E-state index contributed by atoms with van der Waals surface area (Å²) in [6, 6.07) is 8.22. The lowest BCUT2D eigenvalue weighted by Gasteiger charge is -2.40. The Morgan fingerprint density at radius 3 is 2.75 bits per heavy atom. The van der Waals surface area contributed by atoms with Gasteiger partial charge in [-0.15, -0.1) is 11.8 Å². The third kappa shape index (κ3) is 2.35. The van der Waals surface area contributed by atoms with Gasteiger partial charge in [0.25, 0.3) is 0 Å². The van der Waals surface area contributed by atoms with Gasteiger partial charge in [-0.3, -0.25) is 4.79 Å². The predicted octanol–water partition coefficient (Wildman–Crippen LogP) is 3.03. The third-order valence-corrected chi connectivity index (χ3v) is 5.67. The summed E-state index contributed by atoms with van der Waals surface area (Å²) in [7, 11) is 0. The van der Waals surface area contributed by atoms with Crippen molar-refractivity contribution in [1.29, 1.82) is 0 Å². The van der Waals surface area contributed by atoms with Gasteiger partial charge in [-0.2, -0.15) is 0 Å². The van der Waals surface area contributed by atoms with E-state index in [0.717, 1.165) is 43.7 Å². The number of nitrogens with zero attached hydrogens (tertiary/aromatic N) is 1. The van der Waals surface area contributed by atoms with Crippen LogP contribution in [0.25, 0.3) is 0 Å². The first-order chi connectivity index (χ1) is 9.77. The maximum absolute atomic E-state index is 13.1. The van der Waals surface area contributed by atoms with E-state index in [9.17, 15) is 4.79 Å². The quantitative estimate of drug-likeness (QED) is 0.910. The SMILES string of the molecule is NCC1(C(=O)N2CCSc3ccccc32)CCCCC1. The van der Waals surface area contributed by atoms with Gasteiger partial charge in [0.05, 0.1) is 11.1 Å². The first-order valence-corrected chi connectivity index (χ1v) is 8.49. The topological polar surface area (TPSA) is 46.3 Å². The van der Waals surface area contributed by atoms with Crippen LogP contribution in [0.1, 0.15) is 32.1 Å². The number of anilines is 1. The van der Waals surface area contributed by atoms with Crippen LogP contribution in [-0.2, 0) is 4.79 Å². The molecule has 2 aliphatic rings. The Labute approximate surface area is 124 Å². The zero-order chi connectivity index (χ0) is 14.0. The fourth-order valence-corrected chi connectivity index (χ4v) is 4.40. The molecule has 0 aromatic heterocycles. The molecule has 1 aliphatic heterocycles.